The van der Waals surface area contributed by atoms with E-state index in [0.717, 1.165) is 24.2 Å². The summed E-state index contributed by atoms with van der Waals surface area (Å²) in [7, 11) is 0. The van der Waals surface area contributed by atoms with Crippen LogP contribution in [-0.2, 0) is 0 Å². The van der Waals surface area contributed by atoms with E-state index in [9.17, 15) is 0 Å². The highest BCUT2D eigenvalue weighted by Gasteiger charge is 2.40. The van der Waals surface area contributed by atoms with Gasteiger partial charge in [0, 0.05) is 63.4 Å². The Hall–Kier alpha value is -0.160. The molecule has 4 rings (SSSR count). The van der Waals surface area contributed by atoms with Gasteiger partial charge in [-0.3, -0.25) is 9.80 Å². The highest BCUT2D eigenvalue weighted by Crippen LogP contribution is 2.25. The van der Waals surface area contributed by atoms with Crippen LogP contribution < -0.4 is 10.6 Å². The second kappa shape index (κ2) is 3.67. The topological polar surface area (TPSA) is 30.5 Å². The van der Waals surface area contributed by atoms with E-state index in [4.69, 9.17) is 0 Å². The zero-order valence-corrected chi connectivity index (χ0v) is 9.86. The van der Waals surface area contributed by atoms with Crippen LogP contribution in [-0.4, -0.2) is 73.2 Å². The van der Waals surface area contributed by atoms with E-state index in [0.29, 0.717) is 0 Å². The van der Waals surface area contributed by atoms with E-state index in [1.165, 1.54) is 52.1 Å². The molecular formula is C12H22N4. The smallest absolute Gasteiger partial charge is 0.0237 e. The van der Waals surface area contributed by atoms with Crippen molar-refractivity contribution in [2.75, 3.05) is 39.3 Å². The van der Waals surface area contributed by atoms with Gasteiger partial charge in [-0.2, -0.15) is 0 Å². The average Bonchev–Trinajstić information content (AvgIpc) is 3.05. The Morgan fingerprint density at radius 2 is 1.31 bits per heavy atom. The van der Waals surface area contributed by atoms with Crippen molar-refractivity contribution < 1.29 is 0 Å². The van der Waals surface area contributed by atoms with Crippen LogP contribution in [0.4, 0.5) is 0 Å². The van der Waals surface area contributed by atoms with E-state index in [2.05, 4.69) is 20.4 Å². The van der Waals surface area contributed by atoms with Crippen LogP contribution >= 0.6 is 0 Å². The number of hydrogen-bond donors (Lipinski definition) is 2. The summed E-state index contributed by atoms with van der Waals surface area (Å²) >= 11 is 0. The molecule has 0 radical (unpaired) electrons. The minimum atomic E-state index is 0.807. The maximum atomic E-state index is 3.58. The van der Waals surface area contributed by atoms with Crippen molar-refractivity contribution in [3.8, 4) is 0 Å². The lowest BCUT2D eigenvalue weighted by Gasteiger charge is -2.32. The van der Waals surface area contributed by atoms with Gasteiger partial charge in [-0.1, -0.05) is 0 Å². The van der Waals surface area contributed by atoms with Crippen molar-refractivity contribution in [2.24, 2.45) is 0 Å². The molecule has 0 aromatic carbocycles. The summed E-state index contributed by atoms with van der Waals surface area (Å²) in [6.07, 6.45) is 2.79. The Bertz CT molecular complexity index is 254. The largest absolute Gasteiger partial charge is 0.311 e. The number of nitrogens with one attached hydrogen (secondary N) is 2. The standard InChI is InChI=1S/C12H22N4/c1(15-7-9-3-11(15)5-13-9)2-16-8-10-4-12(16)6-14-10/h9-14H,1-8H2/t9-,10-,11-,12-/m0/s1. The summed E-state index contributed by atoms with van der Waals surface area (Å²) in [4.78, 5) is 5.42. The van der Waals surface area contributed by atoms with E-state index in [1.807, 2.05) is 0 Å². The first kappa shape index (κ1) is 9.83. The molecule has 4 heteroatoms. The van der Waals surface area contributed by atoms with Gasteiger partial charge in [-0.05, 0) is 12.8 Å². The molecule has 0 aromatic rings. The molecule has 16 heavy (non-hydrogen) atoms. The third kappa shape index (κ3) is 1.51. The average molecular weight is 222 g/mol. The van der Waals surface area contributed by atoms with Gasteiger partial charge < -0.3 is 10.6 Å². The van der Waals surface area contributed by atoms with Gasteiger partial charge in [0.1, 0.15) is 0 Å². The summed E-state index contributed by atoms with van der Waals surface area (Å²) in [6.45, 7) is 7.66. The highest BCUT2D eigenvalue weighted by molar-refractivity contribution is 5.00. The molecule has 0 amide bonds. The summed E-state index contributed by atoms with van der Waals surface area (Å²) < 4.78 is 0. The number of nitrogens with zero attached hydrogens (tertiary/aromatic N) is 2. The third-order valence-electron chi connectivity index (χ3n) is 5.01. The summed E-state index contributed by atoms with van der Waals surface area (Å²) in [5.41, 5.74) is 0. The minimum Gasteiger partial charge on any atom is -0.311 e. The van der Waals surface area contributed by atoms with Gasteiger partial charge in [-0.15, -0.1) is 0 Å². The lowest BCUT2D eigenvalue weighted by molar-refractivity contribution is 0.161. The fourth-order valence-corrected chi connectivity index (χ4v) is 4.10. The van der Waals surface area contributed by atoms with Gasteiger partial charge in [0.05, 0.1) is 0 Å². The lowest BCUT2D eigenvalue weighted by atomic mass is 10.2. The number of fused-ring (bicyclic) bond motifs is 4. The lowest BCUT2D eigenvalue weighted by Crippen LogP contribution is -2.49. The van der Waals surface area contributed by atoms with Gasteiger partial charge in [0.2, 0.25) is 0 Å². The maximum absolute atomic E-state index is 3.58. The molecule has 0 saturated carbocycles. The van der Waals surface area contributed by atoms with E-state index in [-0.39, 0.29) is 0 Å². The summed E-state index contributed by atoms with van der Waals surface area (Å²) in [6, 6.07) is 3.31. The predicted octanol–water partition coefficient (Wildman–Crippen LogP) is -0.921. The summed E-state index contributed by atoms with van der Waals surface area (Å²) in [5.74, 6) is 0. The minimum absolute atomic E-state index is 0.807. The second-order valence-electron chi connectivity index (χ2n) is 5.98. The van der Waals surface area contributed by atoms with Crippen molar-refractivity contribution in [1.29, 1.82) is 0 Å². The van der Waals surface area contributed by atoms with Crippen LogP contribution in [0.5, 0.6) is 0 Å². The van der Waals surface area contributed by atoms with Gasteiger partial charge in [0.25, 0.3) is 0 Å². The quantitative estimate of drug-likeness (QED) is 0.646. The molecule has 2 N–H and O–H groups in total. The highest BCUT2D eigenvalue weighted by atomic mass is 15.3. The molecule has 90 valence electrons. The molecule has 4 nitrogen and oxygen atoms in total. The molecule has 0 unspecified atom stereocenters. The predicted molar refractivity (Wildman–Crippen MR) is 63.5 cm³/mol. The van der Waals surface area contributed by atoms with E-state index >= 15 is 0 Å². The van der Waals surface area contributed by atoms with Gasteiger partial charge in [0.15, 0.2) is 0 Å². The van der Waals surface area contributed by atoms with E-state index in [1.54, 1.807) is 0 Å². The van der Waals surface area contributed by atoms with Crippen molar-refractivity contribution >= 4 is 0 Å². The van der Waals surface area contributed by atoms with Crippen LogP contribution in [0.25, 0.3) is 0 Å². The van der Waals surface area contributed by atoms with Crippen LogP contribution in [0.1, 0.15) is 12.8 Å². The zero-order valence-electron chi connectivity index (χ0n) is 9.86. The SMILES string of the molecule is C1N[C@H]2C[C@@H]1N(CCN1C[C@@H]3C[C@H]1CN3)C2. The first-order valence-electron chi connectivity index (χ1n) is 6.83. The van der Waals surface area contributed by atoms with Crippen LogP contribution in [0, 0.1) is 0 Å². The van der Waals surface area contributed by atoms with Gasteiger partial charge in [-0.25, -0.2) is 0 Å². The number of likely N-dealkylation sites (tertiary alicyclic amines) is 2. The van der Waals surface area contributed by atoms with Crippen molar-refractivity contribution in [3.63, 3.8) is 0 Å². The monoisotopic (exact) mass is 222 g/mol. The fourth-order valence-electron chi connectivity index (χ4n) is 4.10. The zero-order chi connectivity index (χ0) is 10.5. The van der Waals surface area contributed by atoms with E-state index < -0.39 is 0 Å². The molecule has 0 aromatic heterocycles. The molecule has 4 heterocycles. The number of rotatable bonds is 3. The number of piperazine rings is 2. The van der Waals surface area contributed by atoms with Crippen molar-refractivity contribution in [2.45, 2.75) is 37.0 Å². The van der Waals surface area contributed by atoms with Crippen LogP contribution in [0.2, 0.25) is 0 Å². The maximum Gasteiger partial charge on any atom is 0.0237 e. The summed E-state index contributed by atoms with van der Waals surface area (Å²) in [5, 5.41) is 7.15. The molecule has 0 spiro atoms. The molecular weight excluding hydrogens is 200 g/mol. The Labute approximate surface area is 97.3 Å². The van der Waals surface area contributed by atoms with Crippen LogP contribution in [0.15, 0.2) is 0 Å². The van der Waals surface area contributed by atoms with Crippen LogP contribution in [0.3, 0.4) is 0 Å². The Morgan fingerprint density at radius 3 is 1.62 bits per heavy atom. The first-order valence-corrected chi connectivity index (χ1v) is 6.83. The Kier molecular flexibility index (Phi) is 2.25. The molecule has 0 aliphatic carbocycles. The Balaban J connectivity index is 1.30. The normalized spacial score (nSPS) is 47.2. The number of hydrogen-bond acceptors (Lipinski definition) is 4. The second-order valence-corrected chi connectivity index (χ2v) is 5.98. The van der Waals surface area contributed by atoms with Crippen molar-refractivity contribution in [3.05, 3.63) is 0 Å². The Morgan fingerprint density at radius 1 is 0.812 bits per heavy atom. The molecule has 4 atom stereocenters. The first-order chi connectivity index (χ1) is 7.88. The molecule has 4 aliphatic heterocycles. The van der Waals surface area contributed by atoms with Gasteiger partial charge >= 0.3 is 0 Å². The molecule has 4 saturated heterocycles. The molecule has 4 fully saturated rings. The van der Waals surface area contributed by atoms with Crippen molar-refractivity contribution in [1.82, 2.24) is 20.4 Å². The third-order valence-corrected chi connectivity index (χ3v) is 5.01. The fraction of sp³-hybridized carbons (Fsp3) is 1.00. The molecule has 4 bridgehead atoms. The molecule has 4 aliphatic rings.